The summed E-state index contributed by atoms with van der Waals surface area (Å²) >= 11 is 10.7. The lowest BCUT2D eigenvalue weighted by molar-refractivity contribution is -0.139. The van der Waals surface area contributed by atoms with Crippen molar-refractivity contribution >= 4 is 23.2 Å². The highest BCUT2D eigenvalue weighted by atomic mass is 35.5. The monoisotopic (exact) mass is 258 g/mol. The molecule has 0 aliphatic rings. The maximum atomic E-state index is 12.5. The molecule has 1 aromatic carbocycles. The first-order valence-electron chi connectivity index (χ1n) is 3.96. The summed E-state index contributed by atoms with van der Waals surface area (Å²) in [6.07, 6.45) is -6.08. The molecule has 1 rings (SSSR count). The van der Waals surface area contributed by atoms with Crippen molar-refractivity contribution in [2.24, 2.45) is 0 Å². The maximum absolute atomic E-state index is 12.5. The predicted molar refractivity (Wildman–Crippen MR) is 51.9 cm³/mol. The van der Waals surface area contributed by atoms with Gasteiger partial charge in [-0.2, -0.15) is 13.2 Å². The van der Waals surface area contributed by atoms with Gasteiger partial charge in [0.1, 0.15) is 10.9 Å². The standard InChI is InChI=1S/C9H7Cl2F3O/c10-8(11)7(15)5-3-1-2-4-6(5)9(12,13)14/h1-4,7-8,15H. The van der Waals surface area contributed by atoms with Crippen LogP contribution in [0.5, 0.6) is 0 Å². The Kier molecular flexibility index (Phi) is 3.87. The van der Waals surface area contributed by atoms with Crippen molar-refractivity contribution in [3.63, 3.8) is 0 Å². The Morgan fingerprint density at radius 2 is 1.67 bits per heavy atom. The molecule has 1 aromatic rings. The summed E-state index contributed by atoms with van der Waals surface area (Å²) in [6.45, 7) is 0. The van der Waals surface area contributed by atoms with Gasteiger partial charge in [0.05, 0.1) is 5.56 Å². The van der Waals surface area contributed by atoms with E-state index in [1.165, 1.54) is 12.1 Å². The Labute approximate surface area is 94.4 Å². The molecule has 0 aromatic heterocycles. The highest BCUT2D eigenvalue weighted by Gasteiger charge is 2.35. The van der Waals surface area contributed by atoms with Gasteiger partial charge in [-0.1, -0.05) is 18.2 Å². The maximum Gasteiger partial charge on any atom is 0.416 e. The van der Waals surface area contributed by atoms with Gasteiger partial charge in [0, 0.05) is 0 Å². The van der Waals surface area contributed by atoms with Crippen molar-refractivity contribution in [2.75, 3.05) is 0 Å². The SMILES string of the molecule is OC(c1ccccc1C(F)(F)F)C(Cl)Cl. The Bertz CT molecular complexity index is 338. The fourth-order valence-electron chi connectivity index (χ4n) is 1.15. The Balaban J connectivity index is 3.18. The lowest BCUT2D eigenvalue weighted by Gasteiger charge is -2.17. The number of hydrogen-bond acceptors (Lipinski definition) is 1. The van der Waals surface area contributed by atoms with E-state index in [0.29, 0.717) is 0 Å². The minimum Gasteiger partial charge on any atom is -0.386 e. The minimum atomic E-state index is -4.53. The lowest BCUT2D eigenvalue weighted by atomic mass is 10.0. The summed E-state index contributed by atoms with van der Waals surface area (Å²) in [5.74, 6) is 0. The molecule has 0 radical (unpaired) electrons. The Morgan fingerprint density at radius 3 is 2.13 bits per heavy atom. The number of alkyl halides is 5. The van der Waals surface area contributed by atoms with E-state index in [1.54, 1.807) is 0 Å². The quantitative estimate of drug-likeness (QED) is 0.805. The normalized spacial score (nSPS) is 14.3. The van der Waals surface area contributed by atoms with E-state index < -0.39 is 22.7 Å². The zero-order valence-electron chi connectivity index (χ0n) is 7.30. The molecule has 0 aliphatic carbocycles. The summed E-state index contributed by atoms with van der Waals surface area (Å²) in [6, 6.07) is 4.63. The first-order valence-corrected chi connectivity index (χ1v) is 4.83. The molecule has 0 saturated carbocycles. The second-order valence-corrected chi connectivity index (χ2v) is 4.03. The molecule has 1 N–H and O–H groups in total. The summed E-state index contributed by atoms with van der Waals surface area (Å²) in [5.41, 5.74) is -1.25. The van der Waals surface area contributed by atoms with E-state index in [9.17, 15) is 18.3 Å². The van der Waals surface area contributed by atoms with Gasteiger partial charge in [0.2, 0.25) is 0 Å². The average Bonchev–Trinajstić information content (AvgIpc) is 2.15. The van der Waals surface area contributed by atoms with E-state index in [-0.39, 0.29) is 5.56 Å². The summed E-state index contributed by atoms with van der Waals surface area (Å²) in [7, 11) is 0. The average molecular weight is 259 g/mol. The second-order valence-electron chi connectivity index (χ2n) is 2.86. The molecule has 0 fully saturated rings. The number of hydrogen-bond donors (Lipinski definition) is 1. The molecule has 0 heterocycles. The number of benzene rings is 1. The second kappa shape index (κ2) is 4.60. The molecule has 0 amide bonds. The number of aliphatic hydroxyl groups excluding tert-OH is 1. The molecule has 0 saturated heterocycles. The van der Waals surface area contributed by atoms with Crippen LogP contribution in [0.2, 0.25) is 0 Å². The summed E-state index contributed by atoms with van der Waals surface area (Å²) in [4.78, 5) is -1.30. The first-order chi connectivity index (χ1) is 6.84. The van der Waals surface area contributed by atoms with Gasteiger partial charge in [-0.25, -0.2) is 0 Å². The van der Waals surface area contributed by atoms with E-state index in [1.807, 2.05) is 0 Å². The third-order valence-electron chi connectivity index (χ3n) is 1.82. The van der Waals surface area contributed by atoms with Crippen LogP contribution >= 0.6 is 23.2 Å². The van der Waals surface area contributed by atoms with Gasteiger partial charge in [-0.3, -0.25) is 0 Å². The summed E-state index contributed by atoms with van der Waals surface area (Å²) in [5, 5.41) is 9.38. The van der Waals surface area contributed by atoms with Gasteiger partial charge in [0.25, 0.3) is 0 Å². The third-order valence-corrected chi connectivity index (χ3v) is 2.30. The largest absolute Gasteiger partial charge is 0.416 e. The molecule has 1 unspecified atom stereocenters. The first kappa shape index (κ1) is 12.6. The fraction of sp³-hybridized carbons (Fsp3) is 0.333. The Morgan fingerprint density at radius 1 is 1.13 bits per heavy atom. The fourth-order valence-corrected chi connectivity index (χ4v) is 1.42. The smallest absolute Gasteiger partial charge is 0.386 e. The van der Waals surface area contributed by atoms with E-state index in [4.69, 9.17) is 23.2 Å². The van der Waals surface area contributed by atoms with Crippen molar-refractivity contribution in [1.29, 1.82) is 0 Å². The zero-order chi connectivity index (χ0) is 11.6. The van der Waals surface area contributed by atoms with Crippen molar-refractivity contribution in [1.82, 2.24) is 0 Å². The van der Waals surface area contributed by atoms with E-state index in [2.05, 4.69) is 0 Å². The predicted octanol–water partition coefficient (Wildman–Crippen LogP) is 3.54. The molecule has 15 heavy (non-hydrogen) atoms. The van der Waals surface area contributed by atoms with Crippen LogP contribution in [-0.4, -0.2) is 9.94 Å². The number of aliphatic hydroxyl groups is 1. The number of halogens is 5. The van der Waals surface area contributed by atoms with Crippen LogP contribution < -0.4 is 0 Å². The number of rotatable bonds is 2. The highest BCUT2D eigenvalue weighted by Crippen LogP contribution is 2.36. The van der Waals surface area contributed by atoms with Crippen LogP contribution in [0, 0.1) is 0 Å². The Hall–Kier alpha value is -0.450. The van der Waals surface area contributed by atoms with E-state index >= 15 is 0 Å². The topological polar surface area (TPSA) is 20.2 Å². The molecule has 0 spiro atoms. The van der Waals surface area contributed by atoms with Crippen molar-refractivity contribution in [2.45, 2.75) is 17.1 Å². The molecule has 1 nitrogen and oxygen atoms in total. The third kappa shape index (κ3) is 3.00. The van der Waals surface area contributed by atoms with Crippen LogP contribution in [0.3, 0.4) is 0 Å². The molecular formula is C9H7Cl2F3O. The highest BCUT2D eigenvalue weighted by molar-refractivity contribution is 6.44. The van der Waals surface area contributed by atoms with Gasteiger partial charge in [-0.15, -0.1) is 23.2 Å². The van der Waals surface area contributed by atoms with Crippen molar-refractivity contribution in [3.05, 3.63) is 35.4 Å². The molecular weight excluding hydrogens is 252 g/mol. The molecule has 84 valence electrons. The lowest BCUT2D eigenvalue weighted by Crippen LogP contribution is -2.15. The molecule has 0 bridgehead atoms. The summed E-state index contributed by atoms with van der Waals surface area (Å²) < 4.78 is 37.4. The van der Waals surface area contributed by atoms with Crippen molar-refractivity contribution < 1.29 is 18.3 Å². The van der Waals surface area contributed by atoms with Crippen LogP contribution in [0.15, 0.2) is 24.3 Å². The van der Waals surface area contributed by atoms with Crippen molar-refractivity contribution in [3.8, 4) is 0 Å². The van der Waals surface area contributed by atoms with Crippen LogP contribution in [0.1, 0.15) is 17.2 Å². The van der Waals surface area contributed by atoms with Crippen LogP contribution in [0.25, 0.3) is 0 Å². The zero-order valence-corrected chi connectivity index (χ0v) is 8.81. The van der Waals surface area contributed by atoms with Gasteiger partial charge < -0.3 is 5.11 Å². The van der Waals surface area contributed by atoms with Gasteiger partial charge in [0.15, 0.2) is 0 Å². The van der Waals surface area contributed by atoms with Crippen LogP contribution in [0.4, 0.5) is 13.2 Å². The van der Waals surface area contributed by atoms with Crippen LogP contribution in [-0.2, 0) is 6.18 Å². The molecule has 1 atom stereocenters. The van der Waals surface area contributed by atoms with Gasteiger partial charge >= 0.3 is 6.18 Å². The molecule has 0 aliphatic heterocycles. The minimum absolute atomic E-state index is 0.319. The van der Waals surface area contributed by atoms with E-state index in [0.717, 1.165) is 12.1 Å². The molecule has 6 heteroatoms. The van der Waals surface area contributed by atoms with Gasteiger partial charge in [-0.05, 0) is 11.6 Å².